The number of aliphatic carboxylic acids is 1. The molecule has 0 aromatic heterocycles. The SMILES string of the molecule is C[C@H](CCC(=O)N(C)CC(=O)O)[C@H]1CC[C@H]2[C@@H]3CC[C@@H]4C[C@H](O)CC[C@]4(C)[C@H]3C[C@H](O)[C@]12C. The molecule has 0 aromatic carbocycles. The summed E-state index contributed by atoms with van der Waals surface area (Å²) in [6.45, 7) is 6.74. The number of aliphatic hydroxyl groups excluding tert-OH is 2. The van der Waals surface area contributed by atoms with Crippen LogP contribution in [0, 0.1) is 46.3 Å². The summed E-state index contributed by atoms with van der Waals surface area (Å²) in [6.07, 6.45) is 9.17. The van der Waals surface area contributed by atoms with Gasteiger partial charge >= 0.3 is 5.97 Å². The molecule has 33 heavy (non-hydrogen) atoms. The molecular formula is C27H45NO5. The van der Waals surface area contributed by atoms with E-state index < -0.39 is 5.97 Å². The largest absolute Gasteiger partial charge is 0.480 e. The summed E-state index contributed by atoms with van der Waals surface area (Å²) in [7, 11) is 1.56. The molecule has 188 valence electrons. The summed E-state index contributed by atoms with van der Waals surface area (Å²) in [4.78, 5) is 24.6. The Bertz CT molecular complexity index is 757. The highest BCUT2D eigenvalue weighted by Crippen LogP contribution is 2.68. The Morgan fingerprint density at radius 3 is 2.45 bits per heavy atom. The predicted molar refractivity (Wildman–Crippen MR) is 126 cm³/mol. The normalized spacial score (nSPS) is 45.5. The summed E-state index contributed by atoms with van der Waals surface area (Å²) >= 11 is 0. The zero-order valence-corrected chi connectivity index (χ0v) is 21.0. The van der Waals surface area contributed by atoms with Crippen LogP contribution in [0.15, 0.2) is 0 Å². The summed E-state index contributed by atoms with van der Waals surface area (Å²) in [5.74, 6) is 1.96. The minimum Gasteiger partial charge on any atom is -0.480 e. The molecule has 1 amide bonds. The molecule has 0 aliphatic heterocycles. The molecule has 0 saturated heterocycles. The highest BCUT2D eigenvalue weighted by Gasteiger charge is 2.63. The van der Waals surface area contributed by atoms with Gasteiger partial charge in [-0.2, -0.15) is 0 Å². The van der Waals surface area contributed by atoms with Crippen LogP contribution < -0.4 is 0 Å². The number of aliphatic hydroxyl groups is 2. The first-order chi connectivity index (χ1) is 15.5. The van der Waals surface area contributed by atoms with E-state index in [0.717, 1.165) is 38.5 Å². The molecule has 4 aliphatic carbocycles. The predicted octanol–water partition coefficient (Wildman–Crippen LogP) is 3.94. The molecule has 6 heteroatoms. The van der Waals surface area contributed by atoms with Crippen molar-refractivity contribution in [2.24, 2.45) is 46.3 Å². The van der Waals surface area contributed by atoms with Crippen LogP contribution in [0.4, 0.5) is 0 Å². The van der Waals surface area contributed by atoms with Crippen molar-refractivity contribution in [3.63, 3.8) is 0 Å². The molecule has 0 heterocycles. The van der Waals surface area contributed by atoms with Gasteiger partial charge in [0.1, 0.15) is 6.54 Å². The molecule has 4 aliphatic rings. The number of carboxylic acids is 1. The van der Waals surface area contributed by atoms with Gasteiger partial charge in [-0.1, -0.05) is 20.8 Å². The van der Waals surface area contributed by atoms with Crippen molar-refractivity contribution < 1.29 is 24.9 Å². The van der Waals surface area contributed by atoms with Gasteiger partial charge in [-0.25, -0.2) is 0 Å². The first-order valence-corrected chi connectivity index (χ1v) is 13.3. The molecule has 10 atom stereocenters. The monoisotopic (exact) mass is 463 g/mol. The summed E-state index contributed by atoms with van der Waals surface area (Å²) in [5, 5.41) is 30.8. The van der Waals surface area contributed by atoms with Gasteiger partial charge < -0.3 is 20.2 Å². The number of fused-ring (bicyclic) bond motifs is 5. The lowest BCUT2D eigenvalue weighted by Crippen LogP contribution is -2.58. The van der Waals surface area contributed by atoms with Crippen molar-refractivity contribution in [3.05, 3.63) is 0 Å². The number of carbonyl (C=O) groups is 2. The maximum absolute atomic E-state index is 12.4. The molecular weight excluding hydrogens is 418 g/mol. The first kappa shape index (κ1) is 25.0. The Labute approximate surface area is 199 Å². The lowest BCUT2D eigenvalue weighted by Gasteiger charge is -2.62. The average molecular weight is 464 g/mol. The van der Waals surface area contributed by atoms with Gasteiger partial charge in [0, 0.05) is 13.5 Å². The number of carboxylic acid groups (broad SMARTS) is 1. The van der Waals surface area contributed by atoms with Crippen LogP contribution in [0.2, 0.25) is 0 Å². The molecule has 0 spiro atoms. The third-order valence-corrected chi connectivity index (χ3v) is 11.1. The fourth-order valence-corrected chi connectivity index (χ4v) is 9.19. The molecule has 0 aromatic rings. The van der Waals surface area contributed by atoms with Gasteiger partial charge in [-0.15, -0.1) is 0 Å². The summed E-state index contributed by atoms with van der Waals surface area (Å²) in [6, 6.07) is 0. The fourth-order valence-electron chi connectivity index (χ4n) is 9.19. The molecule has 0 radical (unpaired) electrons. The Kier molecular flexibility index (Phi) is 6.92. The van der Waals surface area contributed by atoms with Gasteiger partial charge in [-0.3, -0.25) is 9.59 Å². The number of likely N-dealkylation sites (N-methyl/N-ethyl adjacent to an activating group) is 1. The van der Waals surface area contributed by atoms with Crippen LogP contribution in [0.3, 0.4) is 0 Å². The molecule has 0 bridgehead atoms. The lowest BCUT2D eigenvalue weighted by molar-refractivity contribution is -0.175. The van der Waals surface area contributed by atoms with E-state index in [1.54, 1.807) is 7.05 Å². The number of amides is 1. The number of carbonyl (C=O) groups excluding carboxylic acids is 1. The van der Waals surface area contributed by atoms with Crippen molar-refractivity contribution in [2.45, 2.75) is 97.2 Å². The first-order valence-electron chi connectivity index (χ1n) is 13.3. The highest BCUT2D eigenvalue weighted by molar-refractivity contribution is 5.80. The Balaban J connectivity index is 1.45. The van der Waals surface area contributed by atoms with E-state index in [4.69, 9.17) is 5.11 Å². The van der Waals surface area contributed by atoms with Gasteiger partial charge in [-0.05, 0) is 104 Å². The standard InChI is InChI=1S/C27H45NO5/c1-16(5-10-24(31)28(4)15-25(32)33)20-8-9-21-19-7-6-17-13-18(29)11-12-26(17,2)22(19)14-23(30)27(20,21)3/h16-23,29-30H,5-15H2,1-4H3,(H,32,33)/t16-,17-,18-,19+,20-,21+,22+,23+,26+,27-/m1/s1. The number of hydrogen-bond donors (Lipinski definition) is 3. The van der Waals surface area contributed by atoms with Crippen LogP contribution in [0.1, 0.15) is 85.0 Å². The van der Waals surface area contributed by atoms with Crippen molar-refractivity contribution in [1.29, 1.82) is 0 Å². The molecule has 6 nitrogen and oxygen atoms in total. The Morgan fingerprint density at radius 1 is 1.03 bits per heavy atom. The average Bonchev–Trinajstić information content (AvgIpc) is 3.11. The van der Waals surface area contributed by atoms with Crippen molar-refractivity contribution >= 4 is 11.9 Å². The van der Waals surface area contributed by atoms with Crippen LogP contribution >= 0.6 is 0 Å². The topological polar surface area (TPSA) is 98.1 Å². The van der Waals surface area contributed by atoms with Crippen molar-refractivity contribution in [1.82, 2.24) is 4.90 Å². The maximum atomic E-state index is 12.4. The zero-order chi connectivity index (χ0) is 24.1. The zero-order valence-electron chi connectivity index (χ0n) is 21.0. The van der Waals surface area contributed by atoms with Crippen LogP contribution in [-0.2, 0) is 9.59 Å². The summed E-state index contributed by atoms with van der Waals surface area (Å²) < 4.78 is 0. The minimum atomic E-state index is -0.985. The molecule has 3 N–H and O–H groups in total. The third kappa shape index (κ3) is 4.24. The highest BCUT2D eigenvalue weighted by atomic mass is 16.4. The van der Waals surface area contributed by atoms with Crippen molar-refractivity contribution in [3.8, 4) is 0 Å². The second-order valence-electron chi connectivity index (χ2n) is 12.5. The Hall–Kier alpha value is -1.14. The Morgan fingerprint density at radius 2 is 1.76 bits per heavy atom. The summed E-state index contributed by atoms with van der Waals surface area (Å²) in [5.41, 5.74) is 0.142. The fraction of sp³-hybridized carbons (Fsp3) is 0.926. The van der Waals surface area contributed by atoms with Crippen LogP contribution in [-0.4, -0.2) is 57.9 Å². The molecule has 4 rings (SSSR count). The smallest absolute Gasteiger partial charge is 0.323 e. The second kappa shape index (κ2) is 9.14. The van der Waals surface area contributed by atoms with Crippen LogP contribution in [0.5, 0.6) is 0 Å². The minimum absolute atomic E-state index is 0.103. The van der Waals surface area contributed by atoms with E-state index in [9.17, 15) is 19.8 Å². The molecule has 0 unspecified atom stereocenters. The number of rotatable bonds is 6. The molecule has 4 fully saturated rings. The second-order valence-corrected chi connectivity index (χ2v) is 12.5. The van der Waals surface area contributed by atoms with E-state index in [2.05, 4.69) is 20.8 Å². The van der Waals surface area contributed by atoms with Crippen molar-refractivity contribution in [2.75, 3.05) is 13.6 Å². The van der Waals surface area contributed by atoms with Crippen LogP contribution in [0.25, 0.3) is 0 Å². The third-order valence-electron chi connectivity index (χ3n) is 11.1. The number of nitrogens with zero attached hydrogens (tertiary/aromatic N) is 1. The van der Waals surface area contributed by atoms with E-state index in [0.29, 0.717) is 41.9 Å². The number of hydrogen-bond acceptors (Lipinski definition) is 4. The quantitative estimate of drug-likeness (QED) is 0.554. The lowest BCUT2D eigenvalue weighted by atomic mass is 9.43. The van der Waals surface area contributed by atoms with E-state index >= 15 is 0 Å². The van der Waals surface area contributed by atoms with Gasteiger partial charge in [0.25, 0.3) is 0 Å². The van der Waals surface area contributed by atoms with E-state index in [1.807, 2.05) is 0 Å². The maximum Gasteiger partial charge on any atom is 0.323 e. The van der Waals surface area contributed by atoms with Gasteiger partial charge in [0.05, 0.1) is 12.2 Å². The van der Waals surface area contributed by atoms with E-state index in [1.165, 1.54) is 24.2 Å². The van der Waals surface area contributed by atoms with Gasteiger partial charge in [0.15, 0.2) is 0 Å². The van der Waals surface area contributed by atoms with Gasteiger partial charge in [0.2, 0.25) is 5.91 Å². The molecule has 4 saturated carbocycles. The van der Waals surface area contributed by atoms with E-state index in [-0.39, 0.29) is 35.5 Å².